The molecule has 0 aromatic rings. The molecule has 0 amide bonds. The van der Waals surface area contributed by atoms with Crippen LogP contribution in [-0.2, 0) is 28.6 Å². The maximum Gasteiger partial charge on any atom is 0.306 e. The number of carbonyl (C=O) groups is 3. The van der Waals surface area contributed by atoms with Crippen molar-refractivity contribution in [2.45, 2.75) is 335 Å². The molecule has 0 radical (unpaired) electrons. The van der Waals surface area contributed by atoms with Gasteiger partial charge in [0.05, 0.1) is 0 Å². The molecular formula is C67H120O6. The molecule has 0 aliphatic heterocycles. The molecule has 0 aliphatic carbocycles. The van der Waals surface area contributed by atoms with Crippen molar-refractivity contribution in [1.29, 1.82) is 0 Å². The van der Waals surface area contributed by atoms with Gasteiger partial charge in [-0.2, -0.15) is 0 Å². The summed E-state index contributed by atoms with van der Waals surface area (Å²) in [7, 11) is 0. The van der Waals surface area contributed by atoms with E-state index in [9.17, 15) is 14.4 Å². The van der Waals surface area contributed by atoms with Gasteiger partial charge in [0.25, 0.3) is 0 Å². The lowest BCUT2D eigenvalue weighted by atomic mass is 10.0. The minimum Gasteiger partial charge on any atom is -0.462 e. The number of allylic oxidation sites excluding steroid dienone is 10. The molecule has 0 spiro atoms. The summed E-state index contributed by atoms with van der Waals surface area (Å²) in [6.07, 6.45) is 78.0. The van der Waals surface area contributed by atoms with Gasteiger partial charge >= 0.3 is 17.9 Å². The fraction of sp³-hybridized carbons (Fsp3) is 0.806. The van der Waals surface area contributed by atoms with Gasteiger partial charge in [-0.1, -0.05) is 287 Å². The standard InChI is InChI=1S/C67H120O6/c1-4-7-10-13-16-19-22-25-28-30-32-33-35-37-40-43-46-49-52-55-58-61-67(70)73-64(62-71-65(68)59-56-53-50-47-44-41-38-27-24-21-18-15-12-9-6-3)63-72-66(69)60-57-54-51-48-45-42-39-36-34-31-29-26-23-20-17-14-11-8-5-2/h9,12,18,21,26-27,29,38,44,47,64H,4-8,10-11,13-17,19-20,22-25,28,30-37,39-43,45-46,48-63H2,1-3H3/b12-9-,21-18-,29-26-,38-27-,47-44-/t64-/m1/s1. The first-order valence-corrected chi connectivity index (χ1v) is 31.8. The molecule has 0 heterocycles. The molecule has 6 heteroatoms. The van der Waals surface area contributed by atoms with Crippen molar-refractivity contribution in [3.63, 3.8) is 0 Å². The second-order valence-corrected chi connectivity index (χ2v) is 21.3. The molecular weight excluding hydrogens is 901 g/mol. The summed E-state index contributed by atoms with van der Waals surface area (Å²) in [4.78, 5) is 38.3. The number of esters is 3. The van der Waals surface area contributed by atoms with Crippen LogP contribution in [0.5, 0.6) is 0 Å². The summed E-state index contributed by atoms with van der Waals surface area (Å²) in [6.45, 7) is 6.53. The Morgan fingerprint density at radius 1 is 0.288 bits per heavy atom. The van der Waals surface area contributed by atoms with Crippen LogP contribution in [0.25, 0.3) is 0 Å². The van der Waals surface area contributed by atoms with Gasteiger partial charge in [0, 0.05) is 19.3 Å². The molecule has 0 fully saturated rings. The second kappa shape index (κ2) is 61.7. The van der Waals surface area contributed by atoms with Crippen LogP contribution in [0.2, 0.25) is 0 Å². The SMILES string of the molecule is CC/C=C\C/C=C\C/C=C\C/C=C\CCCCC(=O)OC[C@H](COC(=O)CCCCCCCCCCC/C=C\CCCCCCCC)OC(=O)CCCCCCCCCCCCCCCCCCCCCCC. The van der Waals surface area contributed by atoms with E-state index in [0.29, 0.717) is 19.3 Å². The smallest absolute Gasteiger partial charge is 0.306 e. The zero-order valence-electron chi connectivity index (χ0n) is 48.7. The lowest BCUT2D eigenvalue weighted by Gasteiger charge is -2.18. The highest BCUT2D eigenvalue weighted by atomic mass is 16.6. The Kier molecular flexibility index (Phi) is 59.2. The Hall–Kier alpha value is -2.89. The third-order valence-electron chi connectivity index (χ3n) is 14.0. The van der Waals surface area contributed by atoms with E-state index < -0.39 is 6.10 Å². The normalized spacial score (nSPS) is 12.4. The Morgan fingerprint density at radius 3 is 0.877 bits per heavy atom. The van der Waals surface area contributed by atoms with Crippen molar-refractivity contribution in [2.75, 3.05) is 13.2 Å². The molecule has 6 nitrogen and oxygen atoms in total. The van der Waals surface area contributed by atoms with Gasteiger partial charge in [-0.05, 0) is 83.5 Å². The Bertz CT molecular complexity index is 1310. The summed E-state index contributed by atoms with van der Waals surface area (Å²) in [5.74, 6) is -0.912. The zero-order chi connectivity index (χ0) is 52.9. The first-order valence-electron chi connectivity index (χ1n) is 31.8. The summed E-state index contributed by atoms with van der Waals surface area (Å²) in [6, 6.07) is 0. The fourth-order valence-electron chi connectivity index (χ4n) is 9.25. The summed E-state index contributed by atoms with van der Waals surface area (Å²) >= 11 is 0. The monoisotopic (exact) mass is 1020 g/mol. The predicted octanol–water partition coefficient (Wildman–Crippen LogP) is 21.6. The van der Waals surface area contributed by atoms with Crippen molar-refractivity contribution < 1.29 is 28.6 Å². The van der Waals surface area contributed by atoms with Gasteiger partial charge in [-0.15, -0.1) is 0 Å². The average Bonchev–Trinajstić information content (AvgIpc) is 3.39. The molecule has 0 aliphatic rings. The van der Waals surface area contributed by atoms with Crippen molar-refractivity contribution in [1.82, 2.24) is 0 Å². The number of carbonyl (C=O) groups excluding carboxylic acids is 3. The molecule has 424 valence electrons. The van der Waals surface area contributed by atoms with E-state index in [1.54, 1.807) is 0 Å². The molecule has 73 heavy (non-hydrogen) atoms. The lowest BCUT2D eigenvalue weighted by molar-refractivity contribution is -0.167. The van der Waals surface area contributed by atoms with E-state index in [1.165, 1.54) is 205 Å². The number of rotatable bonds is 58. The quantitative estimate of drug-likeness (QED) is 0.0261. The molecule has 0 aromatic carbocycles. The van der Waals surface area contributed by atoms with Crippen LogP contribution in [0.3, 0.4) is 0 Å². The van der Waals surface area contributed by atoms with E-state index in [0.717, 1.165) is 83.5 Å². The maximum atomic E-state index is 12.9. The van der Waals surface area contributed by atoms with Gasteiger partial charge in [0.15, 0.2) is 6.10 Å². The number of hydrogen-bond acceptors (Lipinski definition) is 6. The van der Waals surface area contributed by atoms with Crippen molar-refractivity contribution in [3.05, 3.63) is 60.8 Å². The highest BCUT2D eigenvalue weighted by Crippen LogP contribution is 2.17. The second-order valence-electron chi connectivity index (χ2n) is 21.3. The van der Waals surface area contributed by atoms with Gasteiger partial charge in [0.1, 0.15) is 13.2 Å². The van der Waals surface area contributed by atoms with E-state index in [1.807, 2.05) is 0 Å². The zero-order valence-corrected chi connectivity index (χ0v) is 48.7. The van der Waals surface area contributed by atoms with Crippen LogP contribution < -0.4 is 0 Å². The lowest BCUT2D eigenvalue weighted by Crippen LogP contribution is -2.30. The van der Waals surface area contributed by atoms with E-state index in [2.05, 4.69) is 81.5 Å². The van der Waals surface area contributed by atoms with Gasteiger partial charge < -0.3 is 14.2 Å². The number of ether oxygens (including phenoxy) is 3. The Labute approximate surface area is 453 Å². The van der Waals surface area contributed by atoms with E-state index >= 15 is 0 Å². The minimum absolute atomic E-state index is 0.0854. The Balaban J connectivity index is 4.36. The Morgan fingerprint density at radius 2 is 0.534 bits per heavy atom. The van der Waals surface area contributed by atoms with Crippen LogP contribution in [0, 0.1) is 0 Å². The summed E-state index contributed by atoms with van der Waals surface area (Å²) < 4.78 is 16.9. The summed E-state index contributed by atoms with van der Waals surface area (Å²) in [5.41, 5.74) is 0. The molecule has 0 N–H and O–H groups in total. The first kappa shape index (κ1) is 70.1. The number of hydrogen-bond donors (Lipinski definition) is 0. The van der Waals surface area contributed by atoms with Gasteiger partial charge in [-0.25, -0.2) is 0 Å². The van der Waals surface area contributed by atoms with Crippen LogP contribution in [0.1, 0.15) is 329 Å². The molecule has 0 bridgehead atoms. The van der Waals surface area contributed by atoms with Crippen LogP contribution in [0.4, 0.5) is 0 Å². The largest absolute Gasteiger partial charge is 0.462 e. The number of unbranched alkanes of at least 4 members (excludes halogenated alkanes) is 37. The molecule has 0 aromatic heterocycles. The van der Waals surface area contributed by atoms with Gasteiger partial charge in [0.2, 0.25) is 0 Å². The first-order chi connectivity index (χ1) is 36.0. The molecule has 0 saturated heterocycles. The highest BCUT2D eigenvalue weighted by molar-refractivity contribution is 5.71. The predicted molar refractivity (Wildman–Crippen MR) is 316 cm³/mol. The minimum atomic E-state index is -0.791. The molecule has 0 saturated carbocycles. The van der Waals surface area contributed by atoms with E-state index in [-0.39, 0.29) is 31.1 Å². The molecule has 1 atom stereocenters. The van der Waals surface area contributed by atoms with E-state index in [4.69, 9.17) is 14.2 Å². The average molecular weight is 1020 g/mol. The third-order valence-corrected chi connectivity index (χ3v) is 14.0. The maximum absolute atomic E-state index is 12.9. The van der Waals surface area contributed by atoms with Crippen LogP contribution in [0.15, 0.2) is 60.8 Å². The van der Waals surface area contributed by atoms with Gasteiger partial charge in [-0.3, -0.25) is 14.4 Å². The topological polar surface area (TPSA) is 78.9 Å². The summed E-state index contributed by atoms with van der Waals surface area (Å²) in [5, 5.41) is 0. The van der Waals surface area contributed by atoms with Crippen molar-refractivity contribution >= 4 is 17.9 Å². The molecule has 0 unspecified atom stereocenters. The highest BCUT2D eigenvalue weighted by Gasteiger charge is 2.19. The van der Waals surface area contributed by atoms with Crippen molar-refractivity contribution in [2.24, 2.45) is 0 Å². The van der Waals surface area contributed by atoms with Crippen molar-refractivity contribution in [3.8, 4) is 0 Å². The molecule has 0 rings (SSSR count). The fourth-order valence-corrected chi connectivity index (χ4v) is 9.25. The van der Waals surface area contributed by atoms with Crippen LogP contribution in [-0.4, -0.2) is 37.2 Å². The third kappa shape index (κ3) is 59.9. The van der Waals surface area contributed by atoms with Crippen LogP contribution >= 0.6 is 0 Å².